The van der Waals surface area contributed by atoms with Gasteiger partial charge in [0.05, 0.1) is 12.1 Å². The molecule has 49 heavy (non-hydrogen) atoms. The lowest BCUT2D eigenvalue weighted by molar-refractivity contribution is -0.309. The first-order chi connectivity index (χ1) is 23.1. The van der Waals surface area contributed by atoms with Crippen LogP contribution in [0.4, 0.5) is 0 Å². The number of Topliss-reactive ketones (excluding diaryl/α,β-unsaturated/α-hetero) is 1. The van der Waals surface area contributed by atoms with E-state index in [2.05, 4.69) is 13.8 Å². The highest BCUT2D eigenvalue weighted by Gasteiger charge is 2.56. The van der Waals surface area contributed by atoms with Crippen molar-refractivity contribution in [2.75, 3.05) is 6.54 Å². The molecule has 0 saturated carbocycles. The topological polar surface area (TPSA) is 159 Å². The van der Waals surface area contributed by atoms with Gasteiger partial charge in [0.2, 0.25) is 11.8 Å². The monoisotopic (exact) mass is 720 g/mol. The largest absolute Gasteiger partial charge is 0.388 e. The van der Waals surface area contributed by atoms with Crippen LogP contribution in [0.3, 0.4) is 0 Å². The van der Waals surface area contributed by atoms with E-state index in [0.29, 0.717) is 12.8 Å². The van der Waals surface area contributed by atoms with E-state index < -0.39 is 36.3 Å². The summed E-state index contributed by atoms with van der Waals surface area (Å²) >= 11 is 0. The van der Waals surface area contributed by atoms with E-state index in [0.717, 1.165) is 38.5 Å². The Bertz CT molecular complexity index is 822. The van der Waals surface area contributed by atoms with Crippen molar-refractivity contribution >= 4 is 24.1 Å². The second-order valence-electron chi connectivity index (χ2n) is 14.7. The van der Waals surface area contributed by atoms with Crippen LogP contribution in [-0.4, -0.2) is 74.8 Å². The number of rotatable bonds is 31. The van der Waals surface area contributed by atoms with Crippen LogP contribution in [0.5, 0.6) is 0 Å². The molecule has 0 spiro atoms. The fourth-order valence-corrected chi connectivity index (χ4v) is 6.84. The third-order valence-corrected chi connectivity index (χ3v) is 10.2. The molecule has 10 heteroatoms. The summed E-state index contributed by atoms with van der Waals surface area (Å²) in [5.41, 5.74) is 12.4. The van der Waals surface area contributed by atoms with Crippen LogP contribution in [0.2, 0.25) is 0 Å². The minimum absolute atomic E-state index is 0. The number of amides is 1. The zero-order chi connectivity index (χ0) is 35.6. The molecule has 0 unspecified atom stereocenters. The average Bonchev–Trinajstić information content (AvgIpc) is 3.06. The molecule has 1 amide bonds. The standard InChI is InChI=1S/C39H77N3O6.ClH/c1-4-6-8-10-12-14-16-17-18-19-20-21-23-25-27-29-35(44)42(30-28-26-24-22-15-13-11-9-7-5-2)39(41)38(47)37(46)36(45)34(48-39)31-33(43)32(3)40;/h32,34,36-38,45-47H,4-31,40-41H2,1-3H3;1H/t32-,34+,36-,37-,38+,39-;/m0./s1. The number of ether oxygens (including phenoxy) is 1. The second kappa shape index (κ2) is 29.7. The zero-order valence-corrected chi connectivity index (χ0v) is 32.6. The fourth-order valence-electron chi connectivity index (χ4n) is 6.84. The van der Waals surface area contributed by atoms with Gasteiger partial charge in [-0.2, -0.15) is 0 Å². The maximum atomic E-state index is 13.7. The van der Waals surface area contributed by atoms with Crippen molar-refractivity contribution < 1.29 is 29.6 Å². The van der Waals surface area contributed by atoms with E-state index in [1.165, 1.54) is 121 Å². The van der Waals surface area contributed by atoms with Gasteiger partial charge in [-0.05, 0) is 19.8 Å². The Labute approximate surface area is 306 Å². The van der Waals surface area contributed by atoms with Crippen LogP contribution >= 0.6 is 12.4 Å². The van der Waals surface area contributed by atoms with Crippen LogP contribution < -0.4 is 11.5 Å². The van der Waals surface area contributed by atoms with E-state index in [4.69, 9.17) is 16.2 Å². The molecule has 0 bridgehead atoms. The normalized spacial score (nSPS) is 22.9. The van der Waals surface area contributed by atoms with Crippen molar-refractivity contribution in [1.82, 2.24) is 4.90 Å². The summed E-state index contributed by atoms with van der Waals surface area (Å²) in [7, 11) is 0. The van der Waals surface area contributed by atoms with E-state index >= 15 is 0 Å². The predicted octanol–water partition coefficient (Wildman–Crippen LogP) is 7.82. The molecular weight excluding hydrogens is 642 g/mol. The van der Waals surface area contributed by atoms with E-state index in [1.54, 1.807) is 0 Å². The SMILES string of the molecule is CCCCCCCCCCCCCCCCCC(=O)N(CCCCCCCCCCCC)[C@]1(N)O[C@H](CC(=O)[C@H](C)N)[C@H](O)[C@H](O)[C@H]1O.Cl. The first kappa shape index (κ1) is 48.2. The summed E-state index contributed by atoms with van der Waals surface area (Å²) in [4.78, 5) is 27.4. The van der Waals surface area contributed by atoms with Crippen molar-refractivity contribution in [3.8, 4) is 0 Å². The first-order valence-corrected chi connectivity index (χ1v) is 20.2. The summed E-state index contributed by atoms with van der Waals surface area (Å²) in [6, 6.07) is -0.786. The number of hydrogen-bond donors (Lipinski definition) is 5. The van der Waals surface area contributed by atoms with Crippen LogP contribution in [0, 0.1) is 0 Å². The number of unbranched alkanes of at least 4 members (excludes halogenated alkanes) is 23. The Balaban J connectivity index is 0.0000230. The van der Waals surface area contributed by atoms with Gasteiger partial charge < -0.3 is 25.8 Å². The number of ketones is 1. The van der Waals surface area contributed by atoms with E-state index in [9.17, 15) is 24.9 Å². The highest BCUT2D eigenvalue weighted by Crippen LogP contribution is 2.32. The Hall–Kier alpha value is -0.810. The second-order valence-corrected chi connectivity index (χ2v) is 14.7. The highest BCUT2D eigenvalue weighted by molar-refractivity contribution is 5.85. The van der Waals surface area contributed by atoms with Crippen LogP contribution in [-0.2, 0) is 14.3 Å². The highest BCUT2D eigenvalue weighted by atomic mass is 35.5. The Morgan fingerprint density at radius 1 is 0.653 bits per heavy atom. The van der Waals surface area contributed by atoms with Gasteiger partial charge in [0, 0.05) is 19.4 Å². The molecule has 6 atom stereocenters. The number of aliphatic hydroxyl groups is 3. The first-order valence-electron chi connectivity index (χ1n) is 20.2. The van der Waals surface area contributed by atoms with Crippen LogP contribution in [0.15, 0.2) is 0 Å². The summed E-state index contributed by atoms with van der Waals surface area (Å²) in [5.74, 6) is -2.67. The number of carbonyl (C=O) groups is 2. The van der Waals surface area contributed by atoms with Gasteiger partial charge in [-0.3, -0.25) is 20.2 Å². The van der Waals surface area contributed by atoms with Gasteiger partial charge in [-0.1, -0.05) is 162 Å². The van der Waals surface area contributed by atoms with Gasteiger partial charge in [0.1, 0.15) is 18.3 Å². The molecular formula is C39H78ClN3O6. The molecule has 1 fully saturated rings. The molecule has 0 aromatic rings. The molecule has 1 rings (SSSR count). The Kier molecular flexibility index (Phi) is 29.2. The number of aliphatic hydroxyl groups excluding tert-OH is 3. The lowest BCUT2D eigenvalue weighted by Crippen LogP contribution is -2.76. The maximum absolute atomic E-state index is 13.7. The summed E-state index contributed by atoms with van der Waals surface area (Å²) in [6.45, 7) is 6.28. The molecule has 0 aromatic carbocycles. The van der Waals surface area contributed by atoms with Crippen molar-refractivity contribution in [3.63, 3.8) is 0 Å². The summed E-state index contributed by atoms with van der Waals surface area (Å²) in [6.07, 6.45) is 23.7. The number of nitrogens with two attached hydrogens (primary N) is 2. The van der Waals surface area contributed by atoms with E-state index in [1.807, 2.05) is 0 Å². The number of nitrogens with zero attached hydrogens (tertiary/aromatic N) is 1. The molecule has 9 nitrogen and oxygen atoms in total. The molecule has 1 aliphatic heterocycles. The van der Waals surface area contributed by atoms with Gasteiger partial charge in [0.25, 0.3) is 0 Å². The van der Waals surface area contributed by atoms with Gasteiger partial charge in [-0.15, -0.1) is 12.4 Å². The zero-order valence-electron chi connectivity index (χ0n) is 31.8. The number of carbonyl (C=O) groups excluding carboxylic acids is 2. The third kappa shape index (κ3) is 20.1. The Morgan fingerprint density at radius 2 is 1.02 bits per heavy atom. The molecule has 0 aliphatic carbocycles. The smallest absolute Gasteiger partial charge is 0.227 e. The Morgan fingerprint density at radius 3 is 1.41 bits per heavy atom. The van der Waals surface area contributed by atoms with Crippen molar-refractivity contribution in [2.24, 2.45) is 11.5 Å². The van der Waals surface area contributed by atoms with Crippen LogP contribution in [0.25, 0.3) is 0 Å². The molecule has 1 heterocycles. The molecule has 1 saturated heterocycles. The van der Waals surface area contributed by atoms with Crippen LogP contribution in [0.1, 0.15) is 194 Å². The molecule has 0 aromatic heterocycles. The van der Waals surface area contributed by atoms with Crippen molar-refractivity contribution in [3.05, 3.63) is 0 Å². The molecule has 0 radical (unpaired) electrons. The number of halogens is 1. The summed E-state index contributed by atoms with van der Waals surface area (Å²) in [5, 5.41) is 32.4. The number of hydrogen-bond acceptors (Lipinski definition) is 8. The lowest BCUT2D eigenvalue weighted by Gasteiger charge is -2.51. The van der Waals surface area contributed by atoms with Gasteiger partial charge in [0.15, 0.2) is 5.78 Å². The van der Waals surface area contributed by atoms with Crippen molar-refractivity contribution in [1.29, 1.82) is 0 Å². The lowest BCUT2D eigenvalue weighted by atomic mass is 9.90. The summed E-state index contributed by atoms with van der Waals surface area (Å²) < 4.78 is 5.99. The van der Waals surface area contributed by atoms with E-state index in [-0.39, 0.29) is 43.5 Å². The fraction of sp³-hybridized carbons (Fsp3) is 0.949. The van der Waals surface area contributed by atoms with Crippen molar-refractivity contribution in [2.45, 2.75) is 230 Å². The minimum Gasteiger partial charge on any atom is -0.388 e. The molecule has 1 aliphatic rings. The predicted molar refractivity (Wildman–Crippen MR) is 203 cm³/mol. The molecule has 7 N–H and O–H groups in total. The average molecular weight is 721 g/mol. The molecule has 292 valence electrons. The van der Waals surface area contributed by atoms with Gasteiger partial charge >= 0.3 is 0 Å². The quantitative estimate of drug-likeness (QED) is 0.0358. The minimum atomic E-state index is -2.06. The maximum Gasteiger partial charge on any atom is 0.227 e. The van der Waals surface area contributed by atoms with Gasteiger partial charge in [-0.25, -0.2) is 0 Å². The third-order valence-electron chi connectivity index (χ3n) is 10.2.